The first kappa shape index (κ1) is 16.4. The molecule has 1 aliphatic rings. The SMILES string of the molecule is O=S(=O)(c1ccc(Oc2ccccc2)c(Br)c1)N1CC(F)(F)C1. The average Bonchev–Trinajstić information content (AvgIpc) is 2.48. The number of ether oxygens (including phenoxy) is 1. The van der Waals surface area contributed by atoms with E-state index in [9.17, 15) is 17.2 Å². The maximum atomic E-state index is 12.9. The second-order valence-electron chi connectivity index (χ2n) is 5.14. The summed E-state index contributed by atoms with van der Waals surface area (Å²) in [5.41, 5.74) is 0. The first-order valence-electron chi connectivity index (χ1n) is 6.68. The van der Waals surface area contributed by atoms with E-state index in [0.717, 1.165) is 4.31 Å². The Bertz CT molecular complexity index is 820. The molecule has 0 saturated carbocycles. The van der Waals surface area contributed by atoms with Crippen molar-refractivity contribution in [3.63, 3.8) is 0 Å². The highest BCUT2D eigenvalue weighted by Gasteiger charge is 2.49. The van der Waals surface area contributed by atoms with E-state index >= 15 is 0 Å². The van der Waals surface area contributed by atoms with Crippen molar-refractivity contribution in [2.75, 3.05) is 13.1 Å². The second-order valence-corrected chi connectivity index (χ2v) is 7.93. The zero-order valence-electron chi connectivity index (χ0n) is 11.7. The Hall–Kier alpha value is -1.51. The first-order valence-corrected chi connectivity index (χ1v) is 8.92. The van der Waals surface area contributed by atoms with Gasteiger partial charge in [0.25, 0.3) is 5.92 Å². The fourth-order valence-electron chi connectivity index (χ4n) is 2.13. The molecule has 1 aliphatic heterocycles. The van der Waals surface area contributed by atoms with Gasteiger partial charge in [-0.2, -0.15) is 4.31 Å². The molecule has 23 heavy (non-hydrogen) atoms. The molecule has 0 spiro atoms. The molecule has 2 aromatic carbocycles. The summed E-state index contributed by atoms with van der Waals surface area (Å²) in [6.07, 6.45) is 0. The van der Waals surface area contributed by atoms with Crippen molar-refractivity contribution in [3.8, 4) is 11.5 Å². The van der Waals surface area contributed by atoms with Crippen molar-refractivity contribution < 1.29 is 21.9 Å². The number of sulfonamides is 1. The quantitative estimate of drug-likeness (QED) is 0.777. The van der Waals surface area contributed by atoms with Crippen LogP contribution in [0.2, 0.25) is 0 Å². The summed E-state index contributed by atoms with van der Waals surface area (Å²) in [5.74, 6) is -1.91. The minimum absolute atomic E-state index is 0.0553. The number of rotatable bonds is 4. The van der Waals surface area contributed by atoms with Crippen molar-refractivity contribution in [2.24, 2.45) is 0 Å². The first-order chi connectivity index (χ1) is 10.8. The van der Waals surface area contributed by atoms with Crippen LogP contribution in [0.5, 0.6) is 11.5 Å². The van der Waals surface area contributed by atoms with E-state index in [1.54, 1.807) is 12.1 Å². The molecule has 0 aliphatic carbocycles. The lowest BCUT2D eigenvalue weighted by Gasteiger charge is -2.37. The van der Waals surface area contributed by atoms with Crippen LogP contribution in [0.1, 0.15) is 0 Å². The molecule has 0 N–H and O–H groups in total. The van der Waals surface area contributed by atoms with Gasteiger partial charge in [0.2, 0.25) is 10.0 Å². The van der Waals surface area contributed by atoms with Crippen LogP contribution in [-0.4, -0.2) is 31.7 Å². The van der Waals surface area contributed by atoms with Gasteiger partial charge in [-0.3, -0.25) is 0 Å². The van der Waals surface area contributed by atoms with Crippen LogP contribution < -0.4 is 4.74 Å². The van der Waals surface area contributed by atoms with E-state index in [4.69, 9.17) is 4.74 Å². The third kappa shape index (κ3) is 3.39. The summed E-state index contributed by atoms with van der Waals surface area (Å²) in [7, 11) is -3.92. The third-order valence-electron chi connectivity index (χ3n) is 3.33. The molecule has 0 amide bonds. The van der Waals surface area contributed by atoms with Crippen LogP contribution in [0.15, 0.2) is 57.9 Å². The van der Waals surface area contributed by atoms with E-state index in [1.165, 1.54) is 18.2 Å². The van der Waals surface area contributed by atoms with E-state index in [2.05, 4.69) is 15.9 Å². The van der Waals surface area contributed by atoms with Gasteiger partial charge in [-0.25, -0.2) is 17.2 Å². The fraction of sp³-hybridized carbons (Fsp3) is 0.200. The average molecular weight is 404 g/mol. The fourth-order valence-corrected chi connectivity index (χ4v) is 4.26. The Kier molecular flexibility index (Phi) is 4.16. The predicted octanol–water partition coefficient (Wildman–Crippen LogP) is 3.88. The van der Waals surface area contributed by atoms with Crippen LogP contribution in [0.25, 0.3) is 0 Å². The van der Waals surface area contributed by atoms with Gasteiger partial charge in [-0.15, -0.1) is 0 Å². The molecule has 4 nitrogen and oxygen atoms in total. The van der Waals surface area contributed by atoms with Crippen molar-refractivity contribution in [2.45, 2.75) is 10.8 Å². The lowest BCUT2D eigenvalue weighted by molar-refractivity contribution is -0.0945. The lowest BCUT2D eigenvalue weighted by atomic mass is 10.2. The van der Waals surface area contributed by atoms with Gasteiger partial charge in [0.15, 0.2) is 0 Å². The van der Waals surface area contributed by atoms with Crippen molar-refractivity contribution >= 4 is 26.0 Å². The molecule has 0 bridgehead atoms. The topological polar surface area (TPSA) is 46.6 Å². The largest absolute Gasteiger partial charge is 0.456 e. The second kappa shape index (κ2) is 5.85. The van der Waals surface area contributed by atoms with Gasteiger partial charge in [0.05, 0.1) is 22.5 Å². The maximum Gasteiger partial charge on any atom is 0.275 e. The molecule has 2 aromatic rings. The molecule has 1 heterocycles. The Morgan fingerprint density at radius 2 is 1.74 bits per heavy atom. The highest BCUT2D eigenvalue weighted by molar-refractivity contribution is 9.10. The number of halogens is 3. The van der Waals surface area contributed by atoms with E-state index in [-0.39, 0.29) is 4.90 Å². The summed E-state index contributed by atoms with van der Waals surface area (Å²) in [5, 5.41) is 0. The molecule has 122 valence electrons. The molecule has 1 saturated heterocycles. The zero-order valence-corrected chi connectivity index (χ0v) is 14.1. The molecule has 0 unspecified atom stereocenters. The van der Waals surface area contributed by atoms with E-state index in [0.29, 0.717) is 16.0 Å². The molecule has 0 aromatic heterocycles. The maximum absolute atomic E-state index is 12.9. The Labute approximate surface area is 140 Å². The summed E-state index contributed by atoms with van der Waals surface area (Å²) in [4.78, 5) is -0.0553. The van der Waals surface area contributed by atoms with E-state index < -0.39 is 29.0 Å². The number of para-hydroxylation sites is 1. The number of hydrogen-bond donors (Lipinski definition) is 0. The van der Waals surface area contributed by atoms with Crippen molar-refractivity contribution in [1.82, 2.24) is 4.31 Å². The minimum Gasteiger partial charge on any atom is -0.456 e. The normalized spacial score (nSPS) is 17.5. The van der Waals surface area contributed by atoms with Crippen molar-refractivity contribution in [3.05, 3.63) is 53.0 Å². The highest BCUT2D eigenvalue weighted by Crippen LogP contribution is 2.35. The summed E-state index contributed by atoms with van der Waals surface area (Å²) >= 11 is 3.25. The predicted molar refractivity (Wildman–Crippen MR) is 84.4 cm³/mol. The monoisotopic (exact) mass is 403 g/mol. The Morgan fingerprint density at radius 1 is 1.09 bits per heavy atom. The summed E-state index contributed by atoms with van der Waals surface area (Å²) in [6, 6.07) is 13.2. The van der Waals surface area contributed by atoms with Gasteiger partial charge < -0.3 is 4.74 Å². The van der Waals surface area contributed by atoms with Gasteiger partial charge in [0.1, 0.15) is 11.5 Å². The smallest absolute Gasteiger partial charge is 0.275 e. The highest BCUT2D eigenvalue weighted by atomic mass is 79.9. The van der Waals surface area contributed by atoms with Crippen LogP contribution >= 0.6 is 15.9 Å². The van der Waals surface area contributed by atoms with Gasteiger partial charge >= 0.3 is 0 Å². The zero-order chi connectivity index (χ0) is 16.7. The molecular weight excluding hydrogens is 392 g/mol. The van der Waals surface area contributed by atoms with Crippen LogP contribution in [0.3, 0.4) is 0 Å². The molecule has 0 radical (unpaired) electrons. The lowest BCUT2D eigenvalue weighted by Crippen LogP contribution is -2.58. The van der Waals surface area contributed by atoms with Crippen LogP contribution in [0, 0.1) is 0 Å². The number of benzene rings is 2. The molecule has 0 atom stereocenters. The summed E-state index contributed by atoms with van der Waals surface area (Å²) in [6.45, 7) is -1.57. The van der Waals surface area contributed by atoms with Crippen LogP contribution in [-0.2, 0) is 10.0 Å². The molecule has 3 rings (SSSR count). The standard InChI is InChI=1S/C15H12BrF2NO3S/c16-13-8-12(23(20,21)19-9-15(17,18)10-19)6-7-14(13)22-11-4-2-1-3-5-11/h1-8H,9-10H2. The van der Waals surface area contributed by atoms with Crippen LogP contribution in [0.4, 0.5) is 8.78 Å². The van der Waals surface area contributed by atoms with E-state index in [1.807, 2.05) is 18.2 Å². The molecule has 8 heteroatoms. The number of nitrogens with zero attached hydrogens (tertiary/aromatic N) is 1. The Morgan fingerprint density at radius 3 is 2.30 bits per heavy atom. The van der Waals surface area contributed by atoms with Gasteiger partial charge in [-0.1, -0.05) is 18.2 Å². The van der Waals surface area contributed by atoms with Gasteiger partial charge in [-0.05, 0) is 46.3 Å². The minimum atomic E-state index is -3.92. The van der Waals surface area contributed by atoms with Crippen molar-refractivity contribution in [1.29, 1.82) is 0 Å². The van der Waals surface area contributed by atoms with Gasteiger partial charge in [0, 0.05) is 0 Å². The summed E-state index contributed by atoms with van der Waals surface area (Å²) < 4.78 is 57.1. The molecular formula is C15H12BrF2NO3S. The Balaban J connectivity index is 1.82. The molecule has 1 fully saturated rings. The number of hydrogen-bond acceptors (Lipinski definition) is 3. The third-order valence-corrected chi connectivity index (χ3v) is 5.73. The number of alkyl halides is 2.